The summed E-state index contributed by atoms with van der Waals surface area (Å²) in [5, 5.41) is 10.6. The summed E-state index contributed by atoms with van der Waals surface area (Å²) in [4.78, 5) is 15.2. The van der Waals surface area contributed by atoms with Gasteiger partial charge in [0.05, 0.1) is 11.3 Å². The standard InChI is InChI=1S/C16H13ClN2O2/c1-9-15(13-5-3-10(8-18-13)16(20)21)12-7-11(17)4-6-14(12)19(9)2/h3-8H,1-2H3,(H,20,21). The molecule has 1 N–H and O–H groups in total. The topological polar surface area (TPSA) is 55.1 Å². The van der Waals surface area contributed by atoms with E-state index >= 15 is 0 Å². The molecule has 4 nitrogen and oxygen atoms in total. The zero-order chi connectivity index (χ0) is 15.1. The first-order chi connectivity index (χ1) is 9.99. The van der Waals surface area contributed by atoms with Gasteiger partial charge in [-0.2, -0.15) is 0 Å². The normalized spacial score (nSPS) is 11.0. The summed E-state index contributed by atoms with van der Waals surface area (Å²) in [7, 11) is 1.99. The Hall–Kier alpha value is -2.33. The van der Waals surface area contributed by atoms with Crippen molar-refractivity contribution < 1.29 is 9.90 Å². The van der Waals surface area contributed by atoms with Crippen LogP contribution in [-0.2, 0) is 7.05 Å². The quantitative estimate of drug-likeness (QED) is 0.781. The van der Waals surface area contributed by atoms with Crippen molar-refractivity contribution in [2.75, 3.05) is 0 Å². The van der Waals surface area contributed by atoms with Gasteiger partial charge in [-0.3, -0.25) is 4.98 Å². The molecule has 3 rings (SSSR count). The van der Waals surface area contributed by atoms with E-state index in [0.29, 0.717) is 5.02 Å². The van der Waals surface area contributed by atoms with Crippen LogP contribution in [0.15, 0.2) is 36.5 Å². The van der Waals surface area contributed by atoms with E-state index in [-0.39, 0.29) is 5.56 Å². The van der Waals surface area contributed by atoms with Crippen LogP contribution >= 0.6 is 11.6 Å². The van der Waals surface area contributed by atoms with E-state index in [1.165, 1.54) is 6.20 Å². The van der Waals surface area contributed by atoms with Gasteiger partial charge in [0.2, 0.25) is 0 Å². The third-order valence-corrected chi connectivity index (χ3v) is 3.96. The van der Waals surface area contributed by atoms with Gasteiger partial charge in [-0.05, 0) is 37.3 Å². The summed E-state index contributed by atoms with van der Waals surface area (Å²) >= 11 is 6.10. The van der Waals surface area contributed by atoms with Crippen molar-refractivity contribution >= 4 is 28.5 Å². The Balaban J connectivity index is 2.26. The molecule has 5 heteroatoms. The van der Waals surface area contributed by atoms with E-state index in [1.807, 2.05) is 32.2 Å². The lowest BCUT2D eigenvalue weighted by atomic mass is 10.1. The predicted octanol–water partition coefficient (Wildman–Crippen LogP) is 3.90. The summed E-state index contributed by atoms with van der Waals surface area (Å²) in [5.41, 5.74) is 4.02. The number of hydrogen-bond acceptors (Lipinski definition) is 2. The number of aryl methyl sites for hydroxylation is 1. The van der Waals surface area contributed by atoms with Gasteiger partial charge < -0.3 is 9.67 Å². The van der Waals surface area contributed by atoms with Gasteiger partial charge in [0.25, 0.3) is 0 Å². The Morgan fingerprint density at radius 2 is 2.05 bits per heavy atom. The van der Waals surface area contributed by atoms with E-state index in [2.05, 4.69) is 9.55 Å². The van der Waals surface area contributed by atoms with Gasteiger partial charge in [-0.1, -0.05) is 11.6 Å². The van der Waals surface area contributed by atoms with E-state index in [9.17, 15) is 4.79 Å². The van der Waals surface area contributed by atoms with Gasteiger partial charge in [0, 0.05) is 40.4 Å². The van der Waals surface area contributed by atoms with Gasteiger partial charge in [0.1, 0.15) is 0 Å². The highest BCUT2D eigenvalue weighted by Gasteiger charge is 2.15. The number of fused-ring (bicyclic) bond motifs is 1. The van der Waals surface area contributed by atoms with Crippen molar-refractivity contribution in [1.29, 1.82) is 0 Å². The first-order valence-corrected chi connectivity index (χ1v) is 6.81. The number of hydrogen-bond donors (Lipinski definition) is 1. The van der Waals surface area contributed by atoms with Crippen LogP contribution in [0.5, 0.6) is 0 Å². The minimum absolute atomic E-state index is 0.176. The number of carboxylic acids is 1. The monoisotopic (exact) mass is 300 g/mol. The maximum atomic E-state index is 10.9. The number of nitrogens with zero attached hydrogens (tertiary/aromatic N) is 2. The molecule has 3 aromatic rings. The zero-order valence-electron chi connectivity index (χ0n) is 11.6. The molecule has 0 radical (unpaired) electrons. The third kappa shape index (κ3) is 2.17. The van der Waals surface area contributed by atoms with Crippen LogP contribution in [0.2, 0.25) is 5.02 Å². The Kier molecular flexibility index (Phi) is 3.18. The molecular formula is C16H13ClN2O2. The maximum Gasteiger partial charge on any atom is 0.337 e. The molecule has 0 aliphatic rings. The summed E-state index contributed by atoms with van der Waals surface area (Å²) in [5.74, 6) is -0.980. The lowest BCUT2D eigenvalue weighted by molar-refractivity contribution is 0.0696. The summed E-state index contributed by atoms with van der Waals surface area (Å²) < 4.78 is 2.08. The second-order valence-corrected chi connectivity index (χ2v) is 5.35. The number of pyridine rings is 1. The van der Waals surface area contributed by atoms with Crippen LogP contribution in [0.25, 0.3) is 22.2 Å². The Labute approximate surface area is 126 Å². The molecule has 0 saturated heterocycles. The highest BCUT2D eigenvalue weighted by Crippen LogP contribution is 2.34. The summed E-state index contributed by atoms with van der Waals surface area (Å²) in [6.45, 7) is 2.01. The van der Waals surface area contributed by atoms with Crippen LogP contribution in [0.3, 0.4) is 0 Å². The molecule has 2 aromatic heterocycles. The van der Waals surface area contributed by atoms with Gasteiger partial charge >= 0.3 is 5.97 Å². The third-order valence-electron chi connectivity index (χ3n) is 3.72. The van der Waals surface area contributed by atoms with Crippen molar-refractivity contribution in [3.63, 3.8) is 0 Å². The van der Waals surface area contributed by atoms with E-state index in [0.717, 1.165) is 27.9 Å². The molecular weight excluding hydrogens is 288 g/mol. The molecule has 0 aliphatic heterocycles. The molecule has 0 atom stereocenters. The molecule has 0 unspecified atom stereocenters. The molecule has 0 aliphatic carbocycles. The second-order valence-electron chi connectivity index (χ2n) is 4.92. The highest BCUT2D eigenvalue weighted by atomic mass is 35.5. The lowest BCUT2D eigenvalue weighted by Gasteiger charge is -2.03. The summed E-state index contributed by atoms with van der Waals surface area (Å²) in [6, 6.07) is 9.03. The van der Waals surface area contributed by atoms with Gasteiger partial charge in [0.15, 0.2) is 0 Å². The summed E-state index contributed by atoms with van der Waals surface area (Å²) in [6.07, 6.45) is 1.38. The highest BCUT2D eigenvalue weighted by molar-refractivity contribution is 6.31. The molecule has 1 aromatic carbocycles. The fourth-order valence-electron chi connectivity index (χ4n) is 2.54. The minimum atomic E-state index is -0.980. The number of carboxylic acid groups (broad SMARTS) is 1. The van der Waals surface area contributed by atoms with Crippen LogP contribution in [0, 0.1) is 6.92 Å². The molecule has 21 heavy (non-hydrogen) atoms. The number of halogens is 1. The van der Waals surface area contributed by atoms with E-state index in [1.54, 1.807) is 12.1 Å². The van der Waals surface area contributed by atoms with Crippen molar-refractivity contribution in [3.05, 3.63) is 52.8 Å². The smallest absolute Gasteiger partial charge is 0.337 e. The molecule has 106 valence electrons. The largest absolute Gasteiger partial charge is 0.478 e. The lowest BCUT2D eigenvalue weighted by Crippen LogP contribution is -1.97. The van der Waals surface area contributed by atoms with Crippen molar-refractivity contribution in [2.45, 2.75) is 6.92 Å². The Morgan fingerprint density at radius 3 is 2.67 bits per heavy atom. The number of aromatic nitrogens is 2. The fraction of sp³-hybridized carbons (Fsp3) is 0.125. The minimum Gasteiger partial charge on any atom is -0.478 e. The van der Waals surface area contributed by atoms with Crippen molar-refractivity contribution in [2.24, 2.45) is 7.05 Å². The Bertz CT molecular complexity index is 851. The van der Waals surface area contributed by atoms with E-state index < -0.39 is 5.97 Å². The average Bonchev–Trinajstić information content (AvgIpc) is 2.70. The van der Waals surface area contributed by atoms with E-state index in [4.69, 9.17) is 16.7 Å². The van der Waals surface area contributed by atoms with Gasteiger partial charge in [-0.15, -0.1) is 0 Å². The average molecular weight is 301 g/mol. The number of benzene rings is 1. The van der Waals surface area contributed by atoms with Crippen LogP contribution < -0.4 is 0 Å². The van der Waals surface area contributed by atoms with Crippen LogP contribution in [-0.4, -0.2) is 20.6 Å². The zero-order valence-corrected chi connectivity index (χ0v) is 12.3. The first-order valence-electron chi connectivity index (χ1n) is 6.43. The molecule has 0 fully saturated rings. The number of rotatable bonds is 2. The Morgan fingerprint density at radius 1 is 1.29 bits per heavy atom. The molecule has 0 saturated carbocycles. The first kappa shape index (κ1) is 13.6. The van der Waals surface area contributed by atoms with Crippen molar-refractivity contribution in [1.82, 2.24) is 9.55 Å². The fourth-order valence-corrected chi connectivity index (χ4v) is 2.71. The number of carbonyl (C=O) groups is 1. The second kappa shape index (κ2) is 4.90. The molecule has 0 bridgehead atoms. The SMILES string of the molecule is Cc1c(-c2ccc(C(=O)O)cn2)c2cc(Cl)ccc2n1C. The van der Waals surface area contributed by atoms with Crippen molar-refractivity contribution in [3.8, 4) is 11.3 Å². The maximum absolute atomic E-state index is 10.9. The van der Waals surface area contributed by atoms with Crippen LogP contribution in [0.4, 0.5) is 0 Å². The van der Waals surface area contributed by atoms with Crippen LogP contribution in [0.1, 0.15) is 16.1 Å². The number of aromatic carboxylic acids is 1. The molecule has 2 heterocycles. The molecule has 0 spiro atoms. The molecule has 0 amide bonds. The van der Waals surface area contributed by atoms with Gasteiger partial charge in [-0.25, -0.2) is 4.79 Å². The predicted molar refractivity (Wildman–Crippen MR) is 82.9 cm³/mol.